The first-order chi connectivity index (χ1) is 15.7. The average Bonchev–Trinajstić information content (AvgIpc) is 2.70. The van der Waals surface area contributed by atoms with Crippen molar-refractivity contribution in [3.05, 3.63) is 23.3 Å². The van der Waals surface area contributed by atoms with Gasteiger partial charge in [0.25, 0.3) is 0 Å². The summed E-state index contributed by atoms with van der Waals surface area (Å²) in [5.41, 5.74) is 8.31. The normalized spacial score (nSPS) is 26.7. The maximum atomic E-state index is 12.8. The van der Waals surface area contributed by atoms with E-state index in [9.17, 15) is 4.79 Å². The molecule has 2 aliphatic heterocycles. The molecular weight excluding hydrogens is 392 g/mol. The molecule has 6 nitrogen and oxygen atoms in total. The Bertz CT molecular complexity index is 882. The molecule has 2 aliphatic rings. The molecular formula is C25H40N2O4. The van der Waals surface area contributed by atoms with E-state index in [1.54, 1.807) is 6.07 Å². The molecule has 0 unspecified atom stereocenters. The van der Waals surface area contributed by atoms with Crippen LogP contribution in [0.25, 0.3) is 0 Å². The molecule has 1 saturated heterocycles. The van der Waals surface area contributed by atoms with Crippen LogP contribution in [0.5, 0.6) is 11.5 Å². The topological polar surface area (TPSA) is 74.0 Å². The number of carbonyl (C=O) groups is 1. The van der Waals surface area contributed by atoms with Gasteiger partial charge < -0.3 is 19.9 Å². The van der Waals surface area contributed by atoms with Gasteiger partial charge in [0.1, 0.15) is 12.1 Å². The van der Waals surface area contributed by atoms with Crippen LogP contribution >= 0.6 is 0 Å². The van der Waals surface area contributed by atoms with E-state index in [0.29, 0.717) is 12.2 Å². The Morgan fingerprint density at radius 3 is 2.61 bits per heavy atom. The Morgan fingerprint density at radius 2 is 2.00 bits per heavy atom. The van der Waals surface area contributed by atoms with Gasteiger partial charge in [-0.2, -0.15) is 0 Å². The SMILES string of the molecule is [2H]C([2H])([2H])Oc1cc2c(cc1OC)[C@@H]1C[C@H](OC(=O)[C@@H](N)C(C)C)[C@@H](CC(C)(C)C)CN1CC2. The van der Waals surface area contributed by atoms with Crippen molar-refractivity contribution < 1.29 is 23.1 Å². The Balaban J connectivity index is 1.92. The molecule has 4 atom stereocenters. The van der Waals surface area contributed by atoms with Gasteiger partial charge in [-0.1, -0.05) is 34.6 Å². The molecule has 0 aromatic heterocycles. The van der Waals surface area contributed by atoms with E-state index in [0.717, 1.165) is 37.1 Å². The smallest absolute Gasteiger partial charge is 0.323 e. The Kier molecular flexibility index (Phi) is 6.00. The fourth-order valence-electron chi connectivity index (χ4n) is 4.95. The molecule has 0 radical (unpaired) electrons. The highest BCUT2D eigenvalue weighted by molar-refractivity contribution is 5.76. The van der Waals surface area contributed by atoms with Gasteiger partial charge in [-0.05, 0) is 47.4 Å². The van der Waals surface area contributed by atoms with Crippen molar-refractivity contribution in [3.63, 3.8) is 0 Å². The molecule has 1 fully saturated rings. The number of rotatable bonds is 6. The second-order valence-corrected chi connectivity index (χ2v) is 10.6. The molecule has 0 amide bonds. The highest BCUT2D eigenvalue weighted by Crippen LogP contribution is 2.45. The first-order valence-corrected chi connectivity index (χ1v) is 11.3. The molecule has 0 saturated carbocycles. The second-order valence-electron chi connectivity index (χ2n) is 10.6. The van der Waals surface area contributed by atoms with Crippen molar-refractivity contribution >= 4 is 5.97 Å². The van der Waals surface area contributed by atoms with Gasteiger partial charge in [-0.25, -0.2) is 0 Å². The largest absolute Gasteiger partial charge is 0.493 e. The summed E-state index contributed by atoms with van der Waals surface area (Å²) in [4.78, 5) is 15.3. The molecule has 0 aliphatic carbocycles. The van der Waals surface area contributed by atoms with Gasteiger partial charge in [-0.3, -0.25) is 9.69 Å². The molecule has 3 rings (SSSR count). The van der Waals surface area contributed by atoms with E-state index in [-0.39, 0.29) is 41.1 Å². The van der Waals surface area contributed by atoms with Crippen molar-refractivity contribution in [3.8, 4) is 11.5 Å². The van der Waals surface area contributed by atoms with E-state index in [1.807, 2.05) is 19.9 Å². The number of methoxy groups -OCH3 is 2. The van der Waals surface area contributed by atoms with Crippen LogP contribution in [0.15, 0.2) is 12.1 Å². The summed E-state index contributed by atoms with van der Waals surface area (Å²) in [6.45, 7) is 12.1. The number of hydrogen-bond acceptors (Lipinski definition) is 6. The lowest BCUT2D eigenvalue weighted by Gasteiger charge is -2.48. The zero-order valence-corrected chi connectivity index (χ0v) is 19.7. The van der Waals surface area contributed by atoms with E-state index < -0.39 is 13.1 Å². The number of carbonyl (C=O) groups excluding carboxylic acids is 1. The van der Waals surface area contributed by atoms with Crippen LogP contribution in [0.2, 0.25) is 0 Å². The molecule has 0 spiro atoms. The summed E-state index contributed by atoms with van der Waals surface area (Å²) in [5.74, 6) is 0.486. The summed E-state index contributed by atoms with van der Waals surface area (Å²) in [6.07, 6.45) is 2.14. The van der Waals surface area contributed by atoms with Crippen LogP contribution in [0, 0.1) is 17.3 Å². The number of nitrogens with two attached hydrogens (primary N) is 1. The fourth-order valence-corrected chi connectivity index (χ4v) is 4.95. The van der Waals surface area contributed by atoms with Gasteiger partial charge in [0.05, 0.1) is 18.3 Å². The molecule has 2 N–H and O–H groups in total. The molecule has 2 heterocycles. The van der Waals surface area contributed by atoms with Crippen LogP contribution in [0.4, 0.5) is 0 Å². The van der Waals surface area contributed by atoms with Crippen LogP contribution in [0.1, 0.15) is 68.7 Å². The lowest BCUT2D eigenvalue weighted by atomic mass is 9.75. The van der Waals surface area contributed by atoms with E-state index in [2.05, 4.69) is 25.7 Å². The van der Waals surface area contributed by atoms with Gasteiger partial charge in [-0.15, -0.1) is 0 Å². The number of ether oxygens (including phenoxy) is 3. The first kappa shape index (κ1) is 19.9. The highest BCUT2D eigenvalue weighted by Gasteiger charge is 2.42. The van der Waals surface area contributed by atoms with E-state index >= 15 is 0 Å². The number of benzene rings is 1. The maximum absolute atomic E-state index is 12.8. The van der Waals surface area contributed by atoms with Crippen molar-refractivity contribution in [2.75, 3.05) is 27.2 Å². The van der Waals surface area contributed by atoms with Crippen molar-refractivity contribution in [1.29, 1.82) is 0 Å². The molecule has 0 bridgehead atoms. The average molecular weight is 436 g/mol. The maximum Gasteiger partial charge on any atom is 0.323 e. The predicted octanol–water partition coefficient (Wildman–Crippen LogP) is 3.95. The number of fused-ring (bicyclic) bond motifs is 3. The zero-order valence-electron chi connectivity index (χ0n) is 22.7. The molecule has 1 aromatic carbocycles. The van der Waals surface area contributed by atoms with Crippen LogP contribution in [0.3, 0.4) is 0 Å². The highest BCUT2D eigenvalue weighted by atomic mass is 16.5. The fraction of sp³-hybridized carbons (Fsp3) is 0.720. The van der Waals surface area contributed by atoms with E-state index in [4.69, 9.17) is 24.1 Å². The summed E-state index contributed by atoms with van der Waals surface area (Å²) >= 11 is 0. The minimum Gasteiger partial charge on any atom is -0.493 e. The third-order valence-electron chi connectivity index (χ3n) is 6.59. The minimum atomic E-state index is -2.55. The minimum absolute atomic E-state index is 0.00460. The lowest BCUT2D eigenvalue weighted by molar-refractivity contribution is -0.160. The summed E-state index contributed by atoms with van der Waals surface area (Å²) in [6, 6.07) is 3.07. The number of piperidine rings is 1. The van der Waals surface area contributed by atoms with Gasteiger partial charge in [0.15, 0.2) is 11.5 Å². The monoisotopic (exact) mass is 435 g/mol. The summed E-state index contributed by atoms with van der Waals surface area (Å²) in [7, 11) is -1.05. The predicted molar refractivity (Wildman–Crippen MR) is 122 cm³/mol. The number of nitrogens with zero attached hydrogens (tertiary/aromatic N) is 1. The third-order valence-corrected chi connectivity index (χ3v) is 6.59. The number of esters is 1. The van der Waals surface area contributed by atoms with E-state index in [1.165, 1.54) is 7.11 Å². The summed E-state index contributed by atoms with van der Waals surface area (Å²) in [5, 5.41) is 0. The summed E-state index contributed by atoms with van der Waals surface area (Å²) < 4.78 is 39.1. The number of hydrogen-bond donors (Lipinski definition) is 1. The van der Waals surface area contributed by atoms with Crippen molar-refractivity contribution in [2.24, 2.45) is 23.0 Å². The molecule has 31 heavy (non-hydrogen) atoms. The van der Waals surface area contributed by atoms with Gasteiger partial charge >= 0.3 is 5.97 Å². The first-order valence-electron chi connectivity index (χ1n) is 12.8. The van der Waals surface area contributed by atoms with Crippen molar-refractivity contribution in [2.45, 2.75) is 72.1 Å². The Morgan fingerprint density at radius 1 is 1.29 bits per heavy atom. The lowest BCUT2D eigenvalue weighted by Crippen LogP contribution is -2.51. The zero-order chi connectivity index (χ0) is 25.4. The molecule has 6 heteroatoms. The molecule has 1 aromatic rings. The van der Waals surface area contributed by atoms with Crippen LogP contribution in [-0.2, 0) is 16.0 Å². The Labute approximate surface area is 191 Å². The third kappa shape index (κ3) is 5.35. The van der Waals surface area contributed by atoms with Crippen LogP contribution < -0.4 is 15.2 Å². The van der Waals surface area contributed by atoms with Crippen molar-refractivity contribution in [1.82, 2.24) is 4.90 Å². The van der Waals surface area contributed by atoms with Gasteiger partial charge in [0.2, 0.25) is 0 Å². The second kappa shape index (κ2) is 9.37. The molecule has 174 valence electrons. The quantitative estimate of drug-likeness (QED) is 0.682. The standard InChI is InChI=1S/C25H40N2O4/c1-15(2)23(26)24(28)31-20-12-19-18-11-22(30-7)21(29-6)10-16(18)8-9-27(19)14-17(20)13-25(3,4)5/h10-11,15,17,19-20,23H,8-9,12-14,26H2,1-7H3/t17-,19-,20-,23-/m0/s1/i6D3. The van der Waals surface area contributed by atoms with Gasteiger partial charge in [0, 0.05) is 31.5 Å². The van der Waals surface area contributed by atoms with Crippen LogP contribution in [-0.4, -0.2) is 50.3 Å². The Hall–Kier alpha value is -1.79.